The third-order valence-corrected chi connectivity index (χ3v) is 4.35. The van der Waals surface area contributed by atoms with E-state index in [0.717, 1.165) is 19.3 Å². The highest BCUT2D eigenvalue weighted by molar-refractivity contribution is 5.85. The minimum atomic E-state index is 0.178. The van der Waals surface area contributed by atoms with Gasteiger partial charge in [0.1, 0.15) is 5.78 Å². The van der Waals surface area contributed by atoms with Crippen molar-refractivity contribution in [1.29, 1.82) is 0 Å². The standard InChI is InChI=1S/C11H18O3/c1-11(2)8-6-10(12)9(11)5-7(8)3-4-14-13/h7-9,13H,3-6H2,1-2H3. The van der Waals surface area contributed by atoms with Gasteiger partial charge in [-0.05, 0) is 30.1 Å². The smallest absolute Gasteiger partial charge is 0.136 e. The molecule has 2 saturated carbocycles. The number of ketones is 1. The van der Waals surface area contributed by atoms with Crippen molar-refractivity contribution < 1.29 is 14.9 Å². The van der Waals surface area contributed by atoms with Crippen LogP contribution in [0.4, 0.5) is 0 Å². The predicted molar refractivity (Wildman–Crippen MR) is 51.7 cm³/mol. The Morgan fingerprint density at radius 3 is 2.71 bits per heavy atom. The second-order valence-corrected chi connectivity index (χ2v) is 5.27. The summed E-state index contributed by atoms with van der Waals surface area (Å²) in [5.41, 5.74) is 0.178. The maximum atomic E-state index is 11.6. The normalized spacial score (nSPS) is 39.4. The van der Waals surface area contributed by atoms with Crippen molar-refractivity contribution in [3.8, 4) is 0 Å². The van der Waals surface area contributed by atoms with Gasteiger partial charge in [-0.1, -0.05) is 13.8 Å². The molecule has 2 bridgehead atoms. The summed E-state index contributed by atoms with van der Waals surface area (Å²) in [5.74, 6) is 1.78. The molecule has 80 valence electrons. The van der Waals surface area contributed by atoms with Crippen LogP contribution in [0.1, 0.15) is 33.1 Å². The topological polar surface area (TPSA) is 46.5 Å². The van der Waals surface area contributed by atoms with Crippen LogP contribution >= 0.6 is 0 Å². The molecule has 2 aliphatic rings. The third kappa shape index (κ3) is 1.30. The van der Waals surface area contributed by atoms with E-state index >= 15 is 0 Å². The first kappa shape index (κ1) is 10.1. The highest BCUT2D eigenvalue weighted by Crippen LogP contribution is 2.59. The van der Waals surface area contributed by atoms with Crippen LogP contribution in [0.5, 0.6) is 0 Å². The quantitative estimate of drug-likeness (QED) is 0.558. The fourth-order valence-electron chi connectivity index (χ4n) is 3.49. The van der Waals surface area contributed by atoms with Gasteiger partial charge < -0.3 is 0 Å². The maximum absolute atomic E-state index is 11.6. The van der Waals surface area contributed by atoms with Crippen molar-refractivity contribution >= 4 is 5.78 Å². The zero-order valence-electron chi connectivity index (χ0n) is 8.82. The van der Waals surface area contributed by atoms with E-state index < -0.39 is 0 Å². The molecule has 3 atom stereocenters. The van der Waals surface area contributed by atoms with Gasteiger partial charge in [-0.25, -0.2) is 4.89 Å². The Labute approximate surface area is 84.4 Å². The molecule has 0 aliphatic heterocycles. The molecule has 2 rings (SSSR count). The molecule has 2 fully saturated rings. The second kappa shape index (κ2) is 3.31. The Morgan fingerprint density at radius 2 is 2.29 bits per heavy atom. The van der Waals surface area contributed by atoms with Crippen molar-refractivity contribution in [3.63, 3.8) is 0 Å². The molecular weight excluding hydrogens is 180 g/mol. The summed E-state index contributed by atoms with van der Waals surface area (Å²) in [6.07, 6.45) is 2.63. The fourth-order valence-corrected chi connectivity index (χ4v) is 3.49. The minimum absolute atomic E-state index is 0.178. The third-order valence-electron chi connectivity index (χ3n) is 4.35. The fraction of sp³-hybridized carbons (Fsp3) is 0.909. The van der Waals surface area contributed by atoms with E-state index in [1.165, 1.54) is 0 Å². The summed E-state index contributed by atoms with van der Waals surface area (Å²) >= 11 is 0. The summed E-state index contributed by atoms with van der Waals surface area (Å²) in [7, 11) is 0. The molecule has 14 heavy (non-hydrogen) atoms. The molecule has 0 radical (unpaired) electrons. The molecule has 0 spiro atoms. The lowest BCUT2D eigenvalue weighted by Crippen LogP contribution is -2.20. The SMILES string of the molecule is CC1(C)C2CC(CCOO)C1CC2=O. The lowest BCUT2D eigenvalue weighted by molar-refractivity contribution is -0.244. The van der Waals surface area contributed by atoms with Crippen LogP contribution in [-0.4, -0.2) is 17.6 Å². The highest BCUT2D eigenvalue weighted by Gasteiger charge is 2.57. The Balaban J connectivity index is 2.05. The second-order valence-electron chi connectivity index (χ2n) is 5.27. The molecule has 0 aromatic rings. The number of hydrogen-bond acceptors (Lipinski definition) is 3. The van der Waals surface area contributed by atoms with Crippen molar-refractivity contribution in [3.05, 3.63) is 0 Å². The number of Topliss-reactive ketones (excluding diaryl/α,β-unsaturated/α-hetero) is 1. The Hall–Kier alpha value is -0.410. The van der Waals surface area contributed by atoms with E-state index in [4.69, 9.17) is 5.26 Å². The van der Waals surface area contributed by atoms with Gasteiger partial charge in [0.05, 0.1) is 6.61 Å². The Kier molecular flexibility index (Phi) is 2.40. The number of carbonyl (C=O) groups excluding carboxylic acids is 1. The summed E-state index contributed by atoms with van der Waals surface area (Å²) in [4.78, 5) is 15.7. The molecule has 3 unspecified atom stereocenters. The van der Waals surface area contributed by atoms with E-state index in [9.17, 15) is 4.79 Å². The van der Waals surface area contributed by atoms with Crippen LogP contribution in [0, 0.1) is 23.2 Å². The maximum Gasteiger partial charge on any atom is 0.136 e. The van der Waals surface area contributed by atoms with E-state index in [2.05, 4.69) is 18.7 Å². The number of fused-ring (bicyclic) bond motifs is 2. The molecular formula is C11H18O3. The van der Waals surface area contributed by atoms with Crippen molar-refractivity contribution in [1.82, 2.24) is 0 Å². The average molecular weight is 198 g/mol. The first-order valence-corrected chi connectivity index (χ1v) is 5.36. The summed E-state index contributed by atoms with van der Waals surface area (Å²) in [5, 5.41) is 8.31. The largest absolute Gasteiger partial charge is 0.299 e. The molecule has 0 aromatic carbocycles. The minimum Gasteiger partial charge on any atom is -0.299 e. The van der Waals surface area contributed by atoms with Gasteiger partial charge >= 0.3 is 0 Å². The number of rotatable bonds is 3. The first-order valence-electron chi connectivity index (χ1n) is 5.36. The van der Waals surface area contributed by atoms with Crippen LogP contribution in [0.2, 0.25) is 0 Å². The van der Waals surface area contributed by atoms with E-state index in [-0.39, 0.29) is 11.3 Å². The zero-order valence-corrected chi connectivity index (χ0v) is 8.82. The molecule has 0 amide bonds. The van der Waals surface area contributed by atoms with Crippen LogP contribution in [0.15, 0.2) is 0 Å². The summed E-state index contributed by atoms with van der Waals surface area (Å²) < 4.78 is 0. The van der Waals surface area contributed by atoms with Gasteiger partial charge in [0.25, 0.3) is 0 Å². The van der Waals surface area contributed by atoms with E-state index in [1.807, 2.05) is 0 Å². The van der Waals surface area contributed by atoms with E-state index in [0.29, 0.717) is 24.2 Å². The summed E-state index contributed by atoms with van der Waals surface area (Å²) in [6, 6.07) is 0. The van der Waals surface area contributed by atoms with Crippen molar-refractivity contribution in [2.45, 2.75) is 33.1 Å². The highest BCUT2D eigenvalue weighted by atomic mass is 17.1. The molecule has 0 heterocycles. The van der Waals surface area contributed by atoms with Crippen LogP contribution in [0.25, 0.3) is 0 Å². The van der Waals surface area contributed by atoms with Crippen LogP contribution in [-0.2, 0) is 9.68 Å². The van der Waals surface area contributed by atoms with Gasteiger partial charge in [-0.2, -0.15) is 0 Å². The van der Waals surface area contributed by atoms with Crippen LogP contribution < -0.4 is 0 Å². The molecule has 3 nitrogen and oxygen atoms in total. The zero-order chi connectivity index (χ0) is 10.3. The van der Waals surface area contributed by atoms with E-state index in [1.54, 1.807) is 0 Å². The van der Waals surface area contributed by atoms with Gasteiger partial charge in [0.2, 0.25) is 0 Å². The average Bonchev–Trinajstić information content (AvgIpc) is 2.49. The monoisotopic (exact) mass is 198 g/mol. The number of carbonyl (C=O) groups is 1. The summed E-state index contributed by atoms with van der Waals surface area (Å²) in [6.45, 7) is 4.80. The Morgan fingerprint density at radius 1 is 1.57 bits per heavy atom. The lowest BCUT2D eigenvalue weighted by Gasteiger charge is -2.25. The number of hydrogen-bond donors (Lipinski definition) is 1. The molecule has 0 saturated heterocycles. The molecule has 3 heteroatoms. The van der Waals surface area contributed by atoms with Gasteiger partial charge in [-0.3, -0.25) is 10.1 Å². The molecule has 2 aliphatic carbocycles. The van der Waals surface area contributed by atoms with Crippen molar-refractivity contribution in [2.24, 2.45) is 23.2 Å². The Bertz CT molecular complexity index is 247. The first-order chi connectivity index (χ1) is 6.57. The molecule has 1 N–H and O–H groups in total. The molecule has 0 aromatic heterocycles. The van der Waals surface area contributed by atoms with Crippen molar-refractivity contribution in [2.75, 3.05) is 6.61 Å². The predicted octanol–water partition coefficient (Wildman–Crippen LogP) is 2.12. The van der Waals surface area contributed by atoms with Gasteiger partial charge in [0, 0.05) is 12.3 Å². The van der Waals surface area contributed by atoms with Crippen LogP contribution in [0.3, 0.4) is 0 Å². The van der Waals surface area contributed by atoms with Gasteiger partial charge in [0.15, 0.2) is 0 Å². The van der Waals surface area contributed by atoms with Gasteiger partial charge in [-0.15, -0.1) is 0 Å². The lowest BCUT2D eigenvalue weighted by atomic mass is 9.79.